The quantitative estimate of drug-likeness (QED) is 0.520. The molecule has 0 aliphatic carbocycles. The molecule has 27 heavy (non-hydrogen) atoms. The Morgan fingerprint density at radius 1 is 1.26 bits per heavy atom. The number of carbonyl (C=O) groups excluding carboxylic acids is 2. The number of halogens is 1. The second-order valence-corrected chi connectivity index (χ2v) is 7.25. The summed E-state index contributed by atoms with van der Waals surface area (Å²) >= 11 is 5.82. The van der Waals surface area contributed by atoms with E-state index in [2.05, 4.69) is 15.0 Å². The van der Waals surface area contributed by atoms with E-state index in [9.17, 15) is 18.0 Å². The molecule has 1 aromatic carbocycles. The van der Waals surface area contributed by atoms with E-state index in [1.165, 1.54) is 38.6 Å². The number of hydrogen-bond donors (Lipinski definition) is 2. The van der Waals surface area contributed by atoms with Crippen LogP contribution in [0.1, 0.15) is 10.4 Å². The fourth-order valence-electron chi connectivity index (χ4n) is 2.00. The number of esters is 1. The molecule has 0 aliphatic heterocycles. The minimum Gasteiger partial charge on any atom is -0.495 e. The maximum atomic E-state index is 12.1. The molecule has 2 aromatic rings. The summed E-state index contributed by atoms with van der Waals surface area (Å²) in [5.41, 5.74) is 0.212. The van der Waals surface area contributed by atoms with E-state index in [1.54, 1.807) is 6.07 Å². The Morgan fingerprint density at radius 2 is 2.00 bits per heavy atom. The summed E-state index contributed by atoms with van der Waals surface area (Å²) in [6, 6.07) is 6.85. The summed E-state index contributed by atoms with van der Waals surface area (Å²) in [5.74, 6) is -1.45. The molecule has 144 valence electrons. The zero-order chi connectivity index (χ0) is 20.0. The highest BCUT2D eigenvalue weighted by Crippen LogP contribution is 2.25. The van der Waals surface area contributed by atoms with Crippen molar-refractivity contribution in [1.29, 1.82) is 0 Å². The molecule has 11 heteroatoms. The zero-order valence-electron chi connectivity index (χ0n) is 14.4. The molecule has 0 saturated carbocycles. The predicted molar refractivity (Wildman–Crippen MR) is 97.4 cm³/mol. The first kappa shape index (κ1) is 20.6. The summed E-state index contributed by atoms with van der Waals surface area (Å²) in [6.07, 6.45) is 1.46. The van der Waals surface area contributed by atoms with Crippen LogP contribution in [-0.2, 0) is 19.6 Å². The van der Waals surface area contributed by atoms with Crippen LogP contribution in [0, 0.1) is 0 Å². The number of ether oxygens (including phenoxy) is 2. The summed E-state index contributed by atoms with van der Waals surface area (Å²) in [7, 11) is -1.33. The number of benzene rings is 1. The van der Waals surface area contributed by atoms with Gasteiger partial charge in [0, 0.05) is 6.20 Å². The van der Waals surface area contributed by atoms with Crippen LogP contribution in [0.5, 0.6) is 5.75 Å². The summed E-state index contributed by atoms with van der Waals surface area (Å²) in [4.78, 5) is 27.6. The lowest BCUT2D eigenvalue weighted by Crippen LogP contribution is -2.22. The number of rotatable bonds is 7. The minimum atomic E-state index is -3.86. The number of aromatic nitrogens is 1. The van der Waals surface area contributed by atoms with Crippen LogP contribution in [0.15, 0.2) is 41.4 Å². The van der Waals surface area contributed by atoms with E-state index in [-0.39, 0.29) is 27.0 Å². The van der Waals surface area contributed by atoms with Crippen LogP contribution in [0.3, 0.4) is 0 Å². The number of carbonyl (C=O) groups is 2. The first-order valence-electron chi connectivity index (χ1n) is 7.47. The Kier molecular flexibility index (Phi) is 6.72. The fourth-order valence-corrected chi connectivity index (χ4v) is 3.09. The van der Waals surface area contributed by atoms with E-state index in [0.717, 1.165) is 6.07 Å². The molecule has 1 aromatic heterocycles. The third kappa shape index (κ3) is 5.16. The summed E-state index contributed by atoms with van der Waals surface area (Å²) in [6.45, 7) is -0.593. The maximum Gasteiger partial charge on any atom is 0.338 e. The lowest BCUT2D eigenvalue weighted by molar-refractivity contribution is -0.119. The number of methoxy groups -OCH3 is 1. The van der Waals surface area contributed by atoms with E-state index in [1.807, 2.05) is 0 Å². The molecule has 0 fully saturated rings. The number of hydrogen-bond acceptors (Lipinski definition) is 7. The Bertz CT molecular complexity index is 964. The predicted octanol–water partition coefficient (Wildman–Crippen LogP) is 1.45. The molecule has 0 radical (unpaired) electrons. The van der Waals surface area contributed by atoms with Crippen LogP contribution in [-0.4, -0.2) is 46.0 Å². The molecule has 0 spiro atoms. The summed E-state index contributed by atoms with van der Waals surface area (Å²) in [5, 5.41) is 2.54. The van der Waals surface area contributed by atoms with Crippen molar-refractivity contribution in [3.63, 3.8) is 0 Å². The normalized spacial score (nSPS) is 10.9. The monoisotopic (exact) mass is 413 g/mol. The fraction of sp³-hybridized carbons (Fsp3) is 0.188. The molecule has 1 amide bonds. The van der Waals surface area contributed by atoms with Gasteiger partial charge in [0.05, 0.1) is 18.4 Å². The van der Waals surface area contributed by atoms with Crippen LogP contribution in [0.4, 0.5) is 5.69 Å². The standard InChI is InChI=1S/C16H16ClN3O6S/c1-18-27(23,24)13-8-10(5-6-12(13)25-2)16(22)26-9-14(21)20-11-4-3-7-19-15(11)17/h3-8,18H,9H2,1-2H3,(H,20,21). The van der Waals surface area contributed by atoms with Crippen molar-refractivity contribution in [3.05, 3.63) is 47.2 Å². The number of pyridine rings is 1. The average molecular weight is 414 g/mol. The van der Waals surface area contributed by atoms with E-state index < -0.39 is 28.5 Å². The van der Waals surface area contributed by atoms with Gasteiger partial charge >= 0.3 is 5.97 Å². The molecule has 2 rings (SSSR count). The van der Waals surface area contributed by atoms with Gasteiger partial charge in [0.1, 0.15) is 10.6 Å². The highest BCUT2D eigenvalue weighted by molar-refractivity contribution is 7.89. The average Bonchev–Trinajstić information content (AvgIpc) is 2.67. The van der Waals surface area contributed by atoms with Gasteiger partial charge < -0.3 is 14.8 Å². The largest absolute Gasteiger partial charge is 0.495 e. The van der Waals surface area contributed by atoms with Gasteiger partial charge in [0.25, 0.3) is 5.91 Å². The topological polar surface area (TPSA) is 124 Å². The Balaban J connectivity index is 2.09. The van der Waals surface area contributed by atoms with Crippen molar-refractivity contribution in [2.75, 3.05) is 26.1 Å². The number of anilines is 1. The molecule has 1 heterocycles. The van der Waals surface area contributed by atoms with Crippen molar-refractivity contribution in [2.24, 2.45) is 0 Å². The number of nitrogens with one attached hydrogen (secondary N) is 2. The molecule has 9 nitrogen and oxygen atoms in total. The SMILES string of the molecule is CNS(=O)(=O)c1cc(C(=O)OCC(=O)Nc2cccnc2Cl)ccc1OC. The van der Waals surface area contributed by atoms with Crippen LogP contribution in [0.2, 0.25) is 5.15 Å². The van der Waals surface area contributed by atoms with Crippen LogP contribution < -0.4 is 14.8 Å². The minimum absolute atomic E-state index is 0.0585. The molecular weight excluding hydrogens is 398 g/mol. The number of nitrogens with zero attached hydrogens (tertiary/aromatic N) is 1. The smallest absolute Gasteiger partial charge is 0.338 e. The lowest BCUT2D eigenvalue weighted by atomic mass is 10.2. The number of sulfonamides is 1. The highest BCUT2D eigenvalue weighted by atomic mass is 35.5. The Labute approximate surface area is 160 Å². The van der Waals surface area contributed by atoms with E-state index >= 15 is 0 Å². The van der Waals surface area contributed by atoms with Gasteiger partial charge in [-0.15, -0.1) is 0 Å². The van der Waals surface area contributed by atoms with Crippen molar-refractivity contribution in [3.8, 4) is 5.75 Å². The molecule has 0 aliphatic rings. The van der Waals surface area contributed by atoms with Gasteiger partial charge in [-0.05, 0) is 37.4 Å². The molecule has 0 saturated heterocycles. The molecule has 0 atom stereocenters. The van der Waals surface area contributed by atoms with Gasteiger partial charge in [-0.2, -0.15) is 0 Å². The molecular formula is C16H16ClN3O6S. The first-order valence-corrected chi connectivity index (χ1v) is 9.33. The third-order valence-electron chi connectivity index (χ3n) is 3.33. The Morgan fingerprint density at radius 3 is 2.63 bits per heavy atom. The molecule has 0 unspecified atom stereocenters. The van der Waals surface area contributed by atoms with E-state index in [0.29, 0.717) is 0 Å². The van der Waals surface area contributed by atoms with E-state index in [4.69, 9.17) is 21.1 Å². The third-order valence-corrected chi connectivity index (χ3v) is 5.06. The van der Waals surface area contributed by atoms with Gasteiger partial charge in [-0.1, -0.05) is 11.6 Å². The van der Waals surface area contributed by atoms with Gasteiger partial charge in [0.2, 0.25) is 10.0 Å². The van der Waals surface area contributed by atoms with Crippen molar-refractivity contribution < 1.29 is 27.5 Å². The first-order chi connectivity index (χ1) is 12.8. The van der Waals surface area contributed by atoms with Crippen LogP contribution >= 0.6 is 11.6 Å². The van der Waals surface area contributed by atoms with Crippen molar-refractivity contribution in [1.82, 2.24) is 9.71 Å². The van der Waals surface area contributed by atoms with Crippen molar-refractivity contribution >= 4 is 39.2 Å². The highest BCUT2D eigenvalue weighted by Gasteiger charge is 2.21. The second-order valence-electron chi connectivity index (χ2n) is 5.04. The molecule has 0 bridgehead atoms. The lowest BCUT2D eigenvalue weighted by Gasteiger charge is -2.11. The Hall–Kier alpha value is -2.69. The zero-order valence-corrected chi connectivity index (χ0v) is 15.9. The number of amides is 1. The van der Waals surface area contributed by atoms with Gasteiger partial charge in [0.15, 0.2) is 11.8 Å². The van der Waals surface area contributed by atoms with Crippen LogP contribution in [0.25, 0.3) is 0 Å². The van der Waals surface area contributed by atoms with Gasteiger partial charge in [-0.3, -0.25) is 4.79 Å². The second kappa shape index (κ2) is 8.80. The maximum absolute atomic E-state index is 12.1. The molecule has 2 N–H and O–H groups in total. The summed E-state index contributed by atoms with van der Waals surface area (Å²) < 4.78 is 36.1. The van der Waals surface area contributed by atoms with Crippen molar-refractivity contribution in [2.45, 2.75) is 4.90 Å². The van der Waals surface area contributed by atoms with Gasteiger partial charge in [-0.25, -0.2) is 22.9 Å².